The number of nitrogens with one attached hydrogen (secondary N) is 1. The summed E-state index contributed by atoms with van der Waals surface area (Å²) in [5, 5.41) is 2.52. The SMILES string of the molecule is CCOC(=O)N[C@H](CSc1ccccc1)C(=O)CCl. The summed E-state index contributed by atoms with van der Waals surface area (Å²) < 4.78 is 4.76. The van der Waals surface area contributed by atoms with Crippen molar-refractivity contribution < 1.29 is 14.3 Å². The summed E-state index contributed by atoms with van der Waals surface area (Å²) in [5.74, 6) is 0.0685. The third-order valence-electron chi connectivity index (χ3n) is 2.25. The van der Waals surface area contributed by atoms with Crippen LogP contribution in [0.1, 0.15) is 6.92 Å². The first-order chi connectivity index (χ1) is 9.17. The zero-order chi connectivity index (χ0) is 14.1. The molecule has 0 saturated heterocycles. The number of Topliss-reactive ketones (excluding diaryl/α,β-unsaturated/α-hetero) is 1. The fraction of sp³-hybridized carbons (Fsp3) is 0.385. The second-order valence-corrected chi connectivity index (χ2v) is 5.00. The molecule has 0 aromatic heterocycles. The third-order valence-corrected chi connectivity index (χ3v) is 3.62. The molecule has 1 aromatic carbocycles. The van der Waals surface area contributed by atoms with E-state index in [1.807, 2.05) is 30.3 Å². The van der Waals surface area contributed by atoms with Gasteiger partial charge in [0, 0.05) is 10.6 Å². The van der Waals surface area contributed by atoms with Crippen molar-refractivity contribution in [2.24, 2.45) is 0 Å². The molecule has 0 aliphatic heterocycles. The standard InChI is InChI=1S/C13H16ClNO3S/c1-2-18-13(17)15-11(12(16)8-14)9-19-10-6-4-3-5-7-10/h3-7,11H,2,8-9H2,1H3,(H,15,17)/t11-/m1/s1. The van der Waals surface area contributed by atoms with Gasteiger partial charge in [0.1, 0.15) is 6.04 Å². The van der Waals surface area contributed by atoms with Crippen LogP contribution in [0.15, 0.2) is 35.2 Å². The minimum atomic E-state index is -0.637. The zero-order valence-electron chi connectivity index (χ0n) is 10.6. The highest BCUT2D eigenvalue weighted by molar-refractivity contribution is 7.99. The topological polar surface area (TPSA) is 55.4 Å². The van der Waals surface area contributed by atoms with Gasteiger partial charge in [-0.1, -0.05) is 18.2 Å². The van der Waals surface area contributed by atoms with Crippen molar-refractivity contribution in [3.8, 4) is 0 Å². The Hall–Kier alpha value is -1.20. The van der Waals surface area contributed by atoms with Gasteiger partial charge in [0.2, 0.25) is 0 Å². The highest BCUT2D eigenvalue weighted by Crippen LogP contribution is 2.18. The Bertz CT molecular complexity index is 414. The Labute approximate surface area is 121 Å². The van der Waals surface area contributed by atoms with Crippen molar-refractivity contribution in [1.82, 2.24) is 5.32 Å². The predicted molar refractivity (Wildman–Crippen MR) is 76.8 cm³/mol. The number of carbonyl (C=O) groups excluding carboxylic acids is 2. The molecule has 1 rings (SSSR count). The monoisotopic (exact) mass is 301 g/mol. The second-order valence-electron chi connectivity index (χ2n) is 3.64. The molecule has 0 saturated carbocycles. The largest absolute Gasteiger partial charge is 0.450 e. The van der Waals surface area contributed by atoms with E-state index in [9.17, 15) is 9.59 Å². The number of alkyl halides is 1. The van der Waals surface area contributed by atoms with Crippen molar-refractivity contribution in [1.29, 1.82) is 0 Å². The predicted octanol–water partition coefficient (Wildman–Crippen LogP) is 2.70. The summed E-state index contributed by atoms with van der Waals surface area (Å²) in [7, 11) is 0. The smallest absolute Gasteiger partial charge is 0.407 e. The van der Waals surface area contributed by atoms with E-state index >= 15 is 0 Å². The fourth-order valence-electron chi connectivity index (χ4n) is 1.32. The number of thioether (sulfide) groups is 1. The normalized spacial score (nSPS) is 11.7. The molecule has 0 bridgehead atoms. The van der Waals surface area contributed by atoms with Crippen LogP contribution in [0.5, 0.6) is 0 Å². The number of halogens is 1. The zero-order valence-corrected chi connectivity index (χ0v) is 12.2. The van der Waals surface area contributed by atoms with Crippen LogP contribution in [0.4, 0.5) is 4.79 Å². The highest BCUT2D eigenvalue weighted by Gasteiger charge is 2.20. The molecule has 1 aromatic rings. The van der Waals surface area contributed by atoms with E-state index in [0.29, 0.717) is 5.75 Å². The maximum atomic E-state index is 11.7. The molecule has 1 N–H and O–H groups in total. The lowest BCUT2D eigenvalue weighted by molar-refractivity contribution is -0.118. The van der Waals surface area contributed by atoms with Gasteiger partial charge in [-0.25, -0.2) is 4.79 Å². The van der Waals surface area contributed by atoms with Crippen LogP contribution < -0.4 is 5.32 Å². The van der Waals surface area contributed by atoms with E-state index in [2.05, 4.69) is 5.32 Å². The van der Waals surface area contributed by atoms with Gasteiger partial charge in [0.15, 0.2) is 5.78 Å². The third kappa shape index (κ3) is 5.98. The molecule has 1 atom stereocenters. The second kappa shape index (κ2) is 8.82. The average Bonchev–Trinajstić information content (AvgIpc) is 2.44. The van der Waals surface area contributed by atoms with Crippen molar-refractivity contribution >= 4 is 35.2 Å². The average molecular weight is 302 g/mol. The van der Waals surface area contributed by atoms with Crippen LogP contribution in [-0.2, 0) is 9.53 Å². The van der Waals surface area contributed by atoms with Gasteiger partial charge in [0.05, 0.1) is 12.5 Å². The Kier molecular flexibility index (Phi) is 7.36. The molecule has 19 heavy (non-hydrogen) atoms. The molecule has 1 amide bonds. The van der Waals surface area contributed by atoms with Crippen LogP contribution >= 0.6 is 23.4 Å². The Morgan fingerprint density at radius 3 is 2.63 bits per heavy atom. The number of hydrogen-bond donors (Lipinski definition) is 1. The lowest BCUT2D eigenvalue weighted by atomic mass is 10.2. The molecule has 0 aliphatic rings. The Morgan fingerprint density at radius 2 is 2.05 bits per heavy atom. The van der Waals surface area contributed by atoms with E-state index < -0.39 is 12.1 Å². The molecule has 0 spiro atoms. The number of alkyl carbamates (subject to hydrolysis) is 1. The number of benzene rings is 1. The van der Waals surface area contributed by atoms with E-state index in [1.165, 1.54) is 11.8 Å². The summed E-state index contributed by atoms with van der Waals surface area (Å²) in [6.07, 6.45) is -0.598. The molecule has 4 nitrogen and oxygen atoms in total. The van der Waals surface area contributed by atoms with E-state index in [1.54, 1.807) is 6.92 Å². The van der Waals surface area contributed by atoms with Crippen molar-refractivity contribution in [2.75, 3.05) is 18.2 Å². The molecular formula is C13H16ClNO3S. The summed E-state index contributed by atoms with van der Waals surface area (Å²) in [5.41, 5.74) is 0. The molecule has 104 valence electrons. The number of rotatable bonds is 7. The quantitative estimate of drug-likeness (QED) is 0.621. The van der Waals surface area contributed by atoms with Gasteiger partial charge in [0.25, 0.3) is 0 Å². The van der Waals surface area contributed by atoms with E-state index in [0.717, 1.165) is 4.90 Å². The fourth-order valence-corrected chi connectivity index (χ4v) is 2.48. The summed E-state index contributed by atoms with van der Waals surface area (Å²) in [6, 6.07) is 9.00. The van der Waals surface area contributed by atoms with E-state index in [-0.39, 0.29) is 18.3 Å². The molecule has 0 fully saturated rings. The van der Waals surface area contributed by atoms with Gasteiger partial charge in [-0.2, -0.15) is 0 Å². The van der Waals surface area contributed by atoms with Gasteiger partial charge >= 0.3 is 6.09 Å². The maximum absolute atomic E-state index is 11.7. The molecule has 0 aliphatic carbocycles. The minimum absolute atomic E-state index is 0.133. The summed E-state index contributed by atoms with van der Waals surface area (Å²) in [4.78, 5) is 24.0. The molecule has 6 heteroatoms. The first-order valence-electron chi connectivity index (χ1n) is 5.87. The number of ether oxygens (including phenoxy) is 1. The maximum Gasteiger partial charge on any atom is 0.407 e. The Balaban J connectivity index is 2.55. The van der Waals surface area contributed by atoms with Crippen LogP contribution in [0, 0.1) is 0 Å². The number of amides is 1. The van der Waals surface area contributed by atoms with Crippen LogP contribution in [-0.4, -0.2) is 36.2 Å². The molecule has 0 heterocycles. The van der Waals surface area contributed by atoms with E-state index in [4.69, 9.17) is 16.3 Å². The number of hydrogen-bond acceptors (Lipinski definition) is 4. The van der Waals surface area contributed by atoms with Gasteiger partial charge in [-0.15, -0.1) is 23.4 Å². The molecule has 0 radical (unpaired) electrons. The van der Waals surface area contributed by atoms with Crippen molar-refractivity contribution in [2.45, 2.75) is 17.9 Å². The van der Waals surface area contributed by atoms with Gasteiger partial charge in [-0.05, 0) is 19.1 Å². The number of carbonyl (C=O) groups is 2. The lowest BCUT2D eigenvalue weighted by Gasteiger charge is -2.15. The molecular weight excluding hydrogens is 286 g/mol. The highest BCUT2D eigenvalue weighted by atomic mass is 35.5. The van der Waals surface area contributed by atoms with Crippen LogP contribution in [0.25, 0.3) is 0 Å². The van der Waals surface area contributed by atoms with Crippen molar-refractivity contribution in [3.05, 3.63) is 30.3 Å². The van der Waals surface area contributed by atoms with Gasteiger partial charge < -0.3 is 10.1 Å². The first-order valence-corrected chi connectivity index (χ1v) is 7.39. The number of ketones is 1. The van der Waals surface area contributed by atoms with Gasteiger partial charge in [-0.3, -0.25) is 4.79 Å². The molecule has 0 unspecified atom stereocenters. The summed E-state index contributed by atoms with van der Waals surface area (Å²) in [6.45, 7) is 1.97. The lowest BCUT2D eigenvalue weighted by Crippen LogP contribution is -2.43. The minimum Gasteiger partial charge on any atom is -0.450 e. The van der Waals surface area contributed by atoms with Crippen molar-refractivity contribution in [3.63, 3.8) is 0 Å². The summed E-state index contributed by atoms with van der Waals surface area (Å²) >= 11 is 7.02. The first kappa shape index (κ1) is 15.9. The Morgan fingerprint density at radius 1 is 1.37 bits per heavy atom. The van der Waals surface area contributed by atoms with Crippen LogP contribution in [0.2, 0.25) is 0 Å². The van der Waals surface area contributed by atoms with Crippen LogP contribution in [0.3, 0.4) is 0 Å².